The highest BCUT2D eigenvalue weighted by atomic mass is 32.2. The van der Waals surface area contributed by atoms with Crippen LogP contribution in [0, 0.1) is 0 Å². The lowest BCUT2D eigenvalue weighted by Crippen LogP contribution is -2.28. The predicted molar refractivity (Wildman–Crippen MR) is 114 cm³/mol. The molecule has 1 saturated heterocycles. The van der Waals surface area contributed by atoms with Gasteiger partial charge < -0.3 is 4.90 Å². The zero-order valence-electron chi connectivity index (χ0n) is 16.8. The second-order valence-electron chi connectivity index (χ2n) is 7.43. The van der Waals surface area contributed by atoms with Gasteiger partial charge in [-0.25, -0.2) is 13.1 Å². The Morgan fingerprint density at radius 1 is 1.03 bits per heavy atom. The van der Waals surface area contributed by atoms with Gasteiger partial charge in [0.25, 0.3) is 5.91 Å². The van der Waals surface area contributed by atoms with E-state index in [1.165, 1.54) is 16.4 Å². The maximum absolute atomic E-state index is 12.8. The Morgan fingerprint density at radius 3 is 2.37 bits per heavy atom. The van der Waals surface area contributed by atoms with Crippen LogP contribution >= 0.6 is 0 Å². The molecule has 7 nitrogen and oxygen atoms in total. The number of aromatic nitrogens is 2. The first-order valence-electron chi connectivity index (χ1n) is 9.90. The SMILES string of the molecule is CN(Cc1cnn(-c2ccccc2)c1)C(=O)c1ccc(S(=O)(=O)N2CCCC2)cc1. The van der Waals surface area contributed by atoms with Gasteiger partial charge in [0.15, 0.2) is 0 Å². The van der Waals surface area contributed by atoms with E-state index >= 15 is 0 Å². The minimum absolute atomic E-state index is 0.174. The number of para-hydroxylation sites is 1. The topological polar surface area (TPSA) is 75.5 Å². The number of benzene rings is 2. The summed E-state index contributed by atoms with van der Waals surface area (Å²) in [5, 5.41) is 4.36. The van der Waals surface area contributed by atoms with Crippen molar-refractivity contribution >= 4 is 15.9 Å². The summed E-state index contributed by atoms with van der Waals surface area (Å²) in [6.45, 7) is 1.52. The molecule has 2 heterocycles. The van der Waals surface area contributed by atoms with Gasteiger partial charge in [-0.1, -0.05) is 18.2 Å². The number of sulfonamides is 1. The average molecular weight is 425 g/mol. The first kappa shape index (κ1) is 20.3. The second kappa shape index (κ2) is 8.41. The molecule has 0 N–H and O–H groups in total. The highest BCUT2D eigenvalue weighted by molar-refractivity contribution is 7.89. The first-order chi connectivity index (χ1) is 14.4. The van der Waals surface area contributed by atoms with Gasteiger partial charge in [0, 0.05) is 44.0 Å². The first-order valence-corrected chi connectivity index (χ1v) is 11.3. The van der Waals surface area contributed by atoms with E-state index in [1.54, 1.807) is 35.0 Å². The Morgan fingerprint density at radius 2 is 1.70 bits per heavy atom. The molecule has 1 amide bonds. The fourth-order valence-electron chi connectivity index (χ4n) is 3.58. The summed E-state index contributed by atoms with van der Waals surface area (Å²) in [7, 11) is -1.76. The predicted octanol–water partition coefficient (Wildman–Crippen LogP) is 2.93. The van der Waals surface area contributed by atoms with Crippen LogP contribution in [-0.4, -0.2) is 53.4 Å². The molecule has 3 aromatic rings. The van der Waals surface area contributed by atoms with Crippen molar-refractivity contribution in [2.45, 2.75) is 24.3 Å². The molecule has 2 aromatic carbocycles. The fraction of sp³-hybridized carbons (Fsp3) is 0.273. The van der Waals surface area contributed by atoms with Crippen LogP contribution in [0.25, 0.3) is 5.69 Å². The molecule has 30 heavy (non-hydrogen) atoms. The number of hydrogen-bond donors (Lipinski definition) is 0. The number of nitrogens with zero attached hydrogens (tertiary/aromatic N) is 4. The molecule has 0 bridgehead atoms. The molecule has 1 aliphatic rings. The van der Waals surface area contributed by atoms with Gasteiger partial charge in [0.1, 0.15) is 0 Å². The van der Waals surface area contributed by atoms with Crippen molar-refractivity contribution in [2.24, 2.45) is 0 Å². The Bertz CT molecular complexity index is 1120. The second-order valence-corrected chi connectivity index (χ2v) is 9.36. The monoisotopic (exact) mass is 424 g/mol. The highest BCUT2D eigenvalue weighted by Gasteiger charge is 2.27. The molecule has 0 spiro atoms. The molecule has 1 fully saturated rings. The molecule has 0 radical (unpaired) electrons. The van der Waals surface area contributed by atoms with Crippen molar-refractivity contribution in [3.05, 3.63) is 78.1 Å². The molecule has 4 rings (SSSR count). The summed E-state index contributed by atoms with van der Waals surface area (Å²) in [4.78, 5) is 14.6. The van der Waals surface area contributed by atoms with E-state index in [1.807, 2.05) is 36.5 Å². The van der Waals surface area contributed by atoms with Crippen molar-refractivity contribution < 1.29 is 13.2 Å². The number of carbonyl (C=O) groups is 1. The van der Waals surface area contributed by atoms with E-state index in [2.05, 4.69) is 5.10 Å². The molecule has 0 unspecified atom stereocenters. The van der Waals surface area contributed by atoms with Crippen LogP contribution < -0.4 is 0 Å². The third kappa shape index (κ3) is 4.15. The summed E-state index contributed by atoms with van der Waals surface area (Å²) < 4.78 is 28.5. The average Bonchev–Trinajstić information content (AvgIpc) is 3.47. The number of hydrogen-bond acceptors (Lipinski definition) is 4. The largest absolute Gasteiger partial charge is 0.337 e. The lowest BCUT2D eigenvalue weighted by atomic mass is 10.2. The van der Waals surface area contributed by atoms with Crippen molar-refractivity contribution in [3.8, 4) is 5.69 Å². The molecule has 8 heteroatoms. The Hall–Kier alpha value is -2.97. The Labute approximate surface area is 176 Å². The molecular weight excluding hydrogens is 400 g/mol. The summed E-state index contributed by atoms with van der Waals surface area (Å²) in [5.74, 6) is -0.174. The van der Waals surface area contributed by atoms with Gasteiger partial charge in [-0.3, -0.25) is 4.79 Å². The molecule has 156 valence electrons. The lowest BCUT2D eigenvalue weighted by Gasteiger charge is -2.18. The van der Waals surface area contributed by atoms with Gasteiger partial charge in [-0.05, 0) is 49.2 Å². The summed E-state index contributed by atoms with van der Waals surface area (Å²) in [6.07, 6.45) is 5.41. The van der Waals surface area contributed by atoms with Gasteiger partial charge in [0.05, 0.1) is 16.8 Å². The minimum atomic E-state index is -3.48. The van der Waals surface area contributed by atoms with Crippen LogP contribution in [0.5, 0.6) is 0 Å². The molecule has 1 aromatic heterocycles. The third-order valence-corrected chi connectivity index (χ3v) is 7.14. The molecule has 0 aliphatic carbocycles. The number of carbonyl (C=O) groups excluding carboxylic acids is 1. The quantitative estimate of drug-likeness (QED) is 0.610. The normalized spacial score (nSPS) is 14.7. The Balaban J connectivity index is 1.43. The van der Waals surface area contributed by atoms with Crippen LogP contribution in [0.2, 0.25) is 0 Å². The zero-order chi connectivity index (χ0) is 21.1. The van der Waals surface area contributed by atoms with E-state index < -0.39 is 10.0 Å². The van der Waals surface area contributed by atoms with Gasteiger partial charge >= 0.3 is 0 Å². The van der Waals surface area contributed by atoms with Crippen LogP contribution in [0.3, 0.4) is 0 Å². The van der Waals surface area contributed by atoms with Crippen molar-refractivity contribution in [2.75, 3.05) is 20.1 Å². The van der Waals surface area contributed by atoms with Crippen molar-refractivity contribution in [1.29, 1.82) is 0 Å². The lowest BCUT2D eigenvalue weighted by molar-refractivity contribution is 0.0785. The molecule has 0 saturated carbocycles. The van der Waals surface area contributed by atoms with Gasteiger partial charge in [0.2, 0.25) is 10.0 Å². The van der Waals surface area contributed by atoms with Crippen molar-refractivity contribution in [1.82, 2.24) is 19.0 Å². The highest BCUT2D eigenvalue weighted by Crippen LogP contribution is 2.21. The smallest absolute Gasteiger partial charge is 0.253 e. The van der Waals surface area contributed by atoms with Crippen LogP contribution in [0.4, 0.5) is 0 Å². The zero-order valence-corrected chi connectivity index (χ0v) is 17.6. The van der Waals surface area contributed by atoms with Crippen LogP contribution in [0.1, 0.15) is 28.8 Å². The number of amides is 1. The standard InChI is InChI=1S/C22H24N4O3S/c1-24(16-18-15-23-26(17-18)20-7-3-2-4-8-20)22(27)19-9-11-21(12-10-19)30(28,29)25-13-5-6-14-25/h2-4,7-12,15,17H,5-6,13-14,16H2,1H3. The van der Waals surface area contributed by atoms with Gasteiger partial charge in [-0.2, -0.15) is 9.40 Å². The maximum atomic E-state index is 12.8. The molecule has 0 atom stereocenters. The summed E-state index contributed by atoms with van der Waals surface area (Å²) in [5.41, 5.74) is 2.31. The van der Waals surface area contributed by atoms with Gasteiger partial charge in [-0.15, -0.1) is 0 Å². The van der Waals surface area contributed by atoms with E-state index in [-0.39, 0.29) is 10.8 Å². The summed E-state index contributed by atoms with van der Waals surface area (Å²) >= 11 is 0. The summed E-state index contributed by atoms with van der Waals surface area (Å²) in [6, 6.07) is 15.9. The van der Waals surface area contributed by atoms with Crippen LogP contribution in [0.15, 0.2) is 71.9 Å². The molecular formula is C22H24N4O3S. The maximum Gasteiger partial charge on any atom is 0.253 e. The number of rotatable bonds is 6. The van der Waals surface area contributed by atoms with E-state index in [0.717, 1.165) is 24.1 Å². The van der Waals surface area contributed by atoms with E-state index in [0.29, 0.717) is 25.2 Å². The Kier molecular flexibility index (Phi) is 5.69. The van der Waals surface area contributed by atoms with E-state index in [9.17, 15) is 13.2 Å². The third-order valence-electron chi connectivity index (χ3n) is 5.23. The van der Waals surface area contributed by atoms with E-state index in [4.69, 9.17) is 0 Å². The molecule has 1 aliphatic heterocycles. The minimum Gasteiger partial charge on any atom is -0.337 e. The van der Waals surface area contributed by atoms with Crippen molar-refractivity contribution in [3.63, 3.8) is 0 Å². The van der Waals surface area contributed by atoms with Crippen LogP contribution in [-0.2, 0) is 16.6 Å². The fourth-order valence-corrected chi connectivity index (χ4v) is 5.09.